The minimum atomic E-state index is -0.415. The highest BCUT2D eigenvalue weighted by molar-refractivity contribution is 6.32. The van der Waals surface area contributed by atoms with Crippen LogP contribution in [0, 0.1) is 0 Å². The summed E-state index contributed by atoms with van der Waals surface area (Å²) in [6, 6.07) is 5.45. The second-order valence-corrected chi connectivity index (χ2v) is 5.78. The zero-order valence-corrected chi connectivity index (χ0v) is 12.2. The van der Waals surface area contributed by atoms with Gasteiger partial charge in [0.05, 0.1) is 7.11 Å². The lowest BCUT2D eigenvalue weighted by Crippen LogP contribution is -2.03. The van der Waals surface area contributed by atoms with E-state index in [9.17, 15) is 4.79 Å². The third kappa shape index (κ3) is 2.42. The molecule has 2 aromatic rings. The highest BCUT2D eigenvalue weighted by Crippen LogP contribution is 2.37. The van der Waals surface area contributed by atoms with Crippen molar-refractivity contribution in [2.45, 2.75) is 38.0 Å². The van der Waals surface area contributed by atoms with Crippen LogP contribution in [-0.2, 0) is 4.74 Å². The number of carbonyl (C=O) groups is 1. The molecule has 106 valence electrons. The molecular weight excluding hydrogens is 276 g/mol. The fraction of sp³-hybridized carbons (Fsp3) is 0.438. The number of ether oxygens (including phenoxy) is 1. The molecule has 0 atom stereocenters. The van der Waals surface area contributed by atoms with Crippen molar-refractivity contribution >= 4 is 28.5 Å². The topological polar surface area (TPSA) is 39.4 Å². The summed E-state index contributed by atoms with van der Waals surface area (Å²) in [7, 11) is 1.36. The molecule has 0 aliphatic heterocycles. The summed E-state index contributed by atoms with van der Waals surface area (Å²) >= 11 is 6.07. The van der Waals surface area contributed by atoms with Crippen molar-refractivity contribution in [3.05, 3.63) is 34.5 Å². The van der Waals surface area contributed by atoms with Gasteiger partial charge in [0, 0.05) is 16.3 Å². The van der Waals surface area contributed by atoms with Crippen molar-refractivity contribution in [2.24, 2.45) is 0 Å². The second kappa shape index (κ2) is 5.49. The Labute approximate surface area is 122 Å². The molecular formula is C16H17ClO3. The summed E-state index contributed by atoms with van der Waals surface area (Å²) in [6.45, 7) is 0. The van der Waals surface area contributed by atoms with Crippen LogP contribution in [0.5, 0.6) is 0 Å². The molecule has 20 heavy (non-hydrogen) atoms. The van der Waals surface area contributed by atoms with Gasteiger partial charge in [0.1, 0.15) is 16.9 Å². The first-order chi connectivity index (χ1) is 9.69. The molecule has 1 aromatic heterocycles. The fourth-order valence-electron chi connectivity index (χ4n) is 2.99. The largest absolute Gasteiger partial charge is 0.465 e. The molecule has 0 spiro atoms. The van der Waals surface area contributed by atoms with Crippen LogP contribution in [0.1, 0.15) is 54.1 Å². The number of hydrogen-bond donors (Lipinski definition) is 0. The molecule has 4 heteroatoms. The molecule has 1 aromatic carbocycles. The summed E-state index contributed by atoms with van der Waals surface area (Å²) in [5, 5.41) is 1.40. The summed E-state index contributed by atoms with van der Waals surface area (Å²) in [5.74, 6) is 1.01. The van der Waals surface area contributed by atoms with Crippen molar-refractivity contribution in [1.29, 1.82) is 0 Å². The van der Waals surface area contributed by atoms with Gasteiger partial charge in [-0.1, -0.05) is 30.9 Å². The Morgan fingerprint density at radius 2 is 2.00 bits per heavy atom. The second-order valence-electron chi connectivity index (χ2n) is 5.35. The minimum Gasteiger partial charge on any atom is -0.465 e. The van der Waals surface area contributed by atoms with Gasteiger partial charge in [-0.05, 0) is 31.0 Å². The van der Waals surface area contributed by atoms with E-state index in [0.717, 1.165) is 24.0 Å². The third-order valence-electron chi connectivity index (χ3n) is 4.01. The maximum atomic E-state index is 11.8. The maximum Gasteiger partial charge on any atom is 0.341 e. The quantitative estimate of drug-likeness (QED) is 0.737. The summed E-state index contributed by atoms with van der Waals surface area (Å²) < 4.78 is 10.8. The van der Waals surface area contributed by atoms with Crippen molar-refractivity contribution in [1.82, 2.24) is 0 Å². The molecule has 3 rings (SSSR count). The lowest BCUT2D eigenvalue weighted by atomic mass is 9.87. The van der Waals surface area contributed by atoms with E-state index in [2.05, 4.69) is 0 Å². The van der Waals surface area contributed by atoms with Crippen LogP contribution in [0.25, 0.3) is 11.0 Å². The van der Waals surface area contributed by atoms with Crippen LogP contribution in [0.2, 0.25) is 5.02 Å². The van der Waals surface area contributed by atoms with Gasteiger partial charge in [-0.2, -0.15) is 0 Å². The zero-order chi connectivity index (χ0) is 14.1. The van der Waals surface area contributed by atoms with Crippen LogP contribution in [-0.4, -0.2) is 13.1 Å². The first-order valence-corrected chi connectivity index (χ1v) is 7.38. The molecule has 0 amide bonds. The van der Waals surface area contributed by atoms with E-state index in [-0.39, 0.29) is 0 Å². The van der Waals surface area contributed by atoms with Crippen LogP contribution >= 0.6 is 11.6 Å². The van der Waals surface area contributed by atoms with Crippen molar-refractivity contribution < 1.29 is 13.9 Å². The standard InChI is InChI=1S/C16H17ClO3/c1-19-16(18)13-9-12(17)7-11-8-14(20-15(11)13)10-5-3-2-4-6-10/h7-10H,2-6H2,1H3. The van der Waals surface area contributed by atoms with Crippen molar-refractivity contribution in [2.75, 3.05) is 7.11 Å². The lowest BCUT2D eigenvalue weighted by molar-refractivity contribution is 0.0601. The molecule has 1 aliphatic rings. The Hall–Kier alpha value is -1.48. The first-order valence-electron chi connectivity index (χ1n) is 7.00. The van der Waals surface area contributed by atoms with E-state index < -0.39 is 5.97 Å². The Morgan fingerprint density at radius 3 is 2.70 bits per heavy atom. The van der Waals surface area contributed by atoms with Crippen LogP contribution in [0.15, 0.2) is 22.6 Å². The molecule has 0 N–H and O–H groups in total. The highest BCUT2D eigenvalue weighted by Gasteiger charge is 2.22. The average Bonchev–Trinajstić information content (AvgIpc) is 2.90. The maximum absolute atomic E-state index is 11.8. The lowest BCUT2D eigenvalue weighted by Gasteiger charge is -2.18. The number of rotatable bonds is 2. The van der Waals surface area contributed by atoms with E-state index in [1.165, 1.54) is 26.4 Å². The Kier molecular flexibility index (Phi) is 3.70. The van der Waals surface area contributed by atoms with Gasteiger partial charge >= 0.3 is 5.97 Å². The number of fused-ring (bicyclic) bond motifs is 1. The summed E-state index contributed by atoms with van der Waals surface area (Å²) in [5.41, 5.74) is 0.985. The molecule has 0 unspecified atom stereocenters. The Bertz CT molecular complexity index is 638. The molecule has 0 bridgehead atoms. The molecule has 1 aliphatic carbocycles. The molecule has 1 fully saturated rings. The predicted molar refractivity (Wildman–Crippen MR) is 78.4 cm³/mol. The molecule has 0 radical (unpaired) electrons. The number of halogens is 1. The van der Waals surface area contributed by atoms with E-state index in [1.807, 2.05) is 12.1 Å². The highest BCUT2D eigenvalue weighted by atomic mass is 35.5. The van der Waals surface area contributed by atoms with Gasteiger partial charge in [0.2, 0.25) is 0 Å². The third-order valence-corrected chi connectivity index (χ3v) is 4.23. The molecule has 0 saturated heterocycles. The average molecular weight is 293 g/mol. The number of carbonyl (C=O) groups excluding carboxylic acids is 1. The summed E-state index contributed by atoms with van der Waals surface area (Å²) in [6.07, 6.45) is 6.09. The molecule has 1 saturated carbocycles. The van der Waals surface area contributed by atoms with E-state index in [4.69, 9.17) is 20.8 Å². The number of hydrogen-bond acceptors (Lipinski definition) is 3. The molecule has 1 heterocycles. The van der Waals surface area contributed by atoms with E-state index in [0.29, 0.717) is 22.1 Å². The zero-order valence-electron chi connectivity index (χ0n) is 11.4. The monoisotopic (exact) mass is 292 g/mol. The predicted octanol–water partition coefficient (Wildman–Crippen LogP) is 4.92. The smallest absolute Gasteiger partial charge is 0.341 e. The minimum absolute atomic E-state index is 0.400. The van der Waals surface area contributed by atoms with Crippen molar-refractivity contribution in [3.8, 4) is 0 Å². The van der Waals surface area contributed by atoms with Gasteiger partial charge in [-0.15, -0.1) is 0 Å². The Balaban J connectivity index is 2.07. The van der Waals surface area contributed by atoms with Crippen LogP contribution in [0.4, 0.5) is 0 Å². The van der Waals surface area contributed by atoms with Crippen molar-refractivity contribution in [3.63, 3.8) is 0 Å². The number of esters is 1. The number of benzene rings is 1. The first kappa shape index (κ1) is 13.5. The van der Waals surface area contributed by atoms with E-state index in [1.54, 1.807) is 6.07 Å². The SMILES string of the molecule is COC(=O)c1cc(Cl)cc2cc(C3CCCCC3)oc12. The van der Waals surface area contributed by atoms with E-state index >= 15 is 0 Å². The molecule has 3 nitrogen and oxygen atoms in total. The number of methoxy groups -OCH3 is 1. The van der Waals surface area contributed by atoms with Gasteiger partial charge < -0.3 is 9.15 Å². The van der Waals surface area contributed by atoms with Gasteiger partial charge in [0.25, 0.3) is 0 Å². The van der Waals surface area contributed by atoms with Gasteiger partial charge in [-0.25, -0.2) is 4.79 Å². The van der Waals surface area contributed by atoms with Crippen LogP contribution in [0.3, 0.4) is 0 Å². The summed E-state index contributed by atoms with van der Waals surface area (Å²) in [4.78, 5) is 11.8. The van der Waals surface area contributed by atoms with Crippen LogP contribution < -0.4 is 0 Å². The Morgan fingerprint density at radius 1 is 1.25 bits per heavy atom. The normalized spacial score (nSPS) is 16.5. The van der Waals surface area contributed by atoms with Gasteiger partial charge in [-0.3, -0.25) is 0 Å². The number of furan rings is 1. The fourth-order valence-corrected chi connectivity index (χ4v) is 3.21. The van der Waals surface area contributed by atoms with Gasteiger partial charge in [0.15, 0.2) is 0 Å².